The molecule has 8 heteroatoms. The van der Waals surface area contributed by atoms with Crippen molar-refractivity contribution in [2.75, 3.05) is 21.5 Å². The van der Waals surface area contributed by atoms with Gasteiger partial charge in [0, 0.05) is 36.4 Å². The standard InChI is InChI=1S/C19H19N3O4S/c23-18-10-3-13-12-16(8-9-17(13)20-18)27(25,26)21-14-4-6-15(7-5-14)22-11-1-2-19(22)24/h4-9,12,21H,1-3,10-11H2,(H,20,23). The second-order valence-electron chi connectivity index (χ2n) is 6.67. The van der Waals surface area contributed by atoms with Crippen LogP contribution in [-0.2, 0) is 26.0 Å². The summed E-state index contributed by atoms with van der Waals surface area (Å²) in [5, 5.41) is 2.74. The Morgan fingerprint density at radius 2 is 1.74 bits per heavy atom. The summed E-state index contributed by atoms with van der Waals surface area (Å²) in [6.07, 6.45) is 2.25. The van der Waals surface area contributed by atoms with Crippen LogP contribution < -0.4 is 14.9 Å². The van der Waals surface area contributed by atoms with Crippen molar-refractivity contribution >= 4 is 38.9 Å². The first-order valence-corrected chi connectivity index (χ1v) is 10.3. The molecule has 2 aliphatic rings. The first kappa shape index (κ1) is 17.5. The van der Waals surface area contributed by atoms with Gasteiger partial charge in [0.1, 0.15) is 0 Å². The first-order chi connectivity index (χ1) is 12.9. The van der Waals surface area contributed by atoms with Gasteiger partial charge in [0.05, 0.1) is 4.90 Å². The number of fused-ring (bicyclic) bond motifs is 1. The van der Waals surface area contributed by atoms with Crippen LogP contribution in [0, 0.1) is 0 Å². The van der Waals surface area contributed by atoms with Crippen molar-refractivity contribution in [3.05, 3.63) is 48.0 Å². The predicted octanol–water partition coefficient (Wildman–Crippen LogP) is 2.50. The van der Waals surface area contributed by atoms with E-state index in [4.69, 9.17) is 0 Å². The van der Waals surface area contributed by atoms with Crippen molar-refractivity contribution in [3.63, 3.8) is 0 Å². The van der Waals surface area contributed by atoms with Gasteiger partial charge in [0.25, 0.3) is 10.0 Å². The minimum absolute atomic E-state index is 0.0622. The molecule has 0 bridgehead atoms. The number of benzene rings is 2. The molecule has 140 valence electrons. The lowest BCUT2D eigenvalue weighted by molar-refractivity contribution is -0.117. The molecule has 4 rings (SSSR count). The van der Waals surface area contributed by atoms with Crippen molar-refractivity contribution in [3.8, 4) is 0 Å². The van der Waals surface area contributed by atoms with Gasteiger partial charge in [-0.05, 0) is 60.9 Å². The summed E-state index contributed by atoms with van der Waals surface area (Å²) >= 11 is 0. The number of hydrogen-bond acceptors (Lipinski definition) is 4. The Bertz CT molecular complexity index is 1020. The van der Waals surface area contributed by atoms with Crippen molar-refractivity contribution in [2.24, 2.45) is 0 Å². The van der Waals surface area contributed by atoms with E-state index in [0.717, 1.165) is 17.7 Å². The van der Waals surface area contributed by atoms with Gasteiger partial charge in [0.15, 0.2) is 0 Å². The number of carbonyl (C=O) groups excluding carboxylic acids is 2. The Balaban J connectivity index is 1.53. The summed E-state index contributed by atoms with van der Waals surface area (Å²) in [7, 11) is -3.75. The third-order valence-electron chi connectivity index (χ3n) is 4.79. The summed E-state index contributed by atoms with van der Waals surface area (Å²) < 4.78 is 27.9. The van der Waals surface area contributed by atoms with Gasteiger partial charge < -0.3 is 10.2 Å². The van der Waals surface area contributed by atoms with Crippen LogP contribution >= 0.6 is 0 Å². The predicted molar refractivity (Wildman–Crippen MR) is 102 cm³/mol. The number of sulfonamides is 1. The third kappa shape index (κ3) is 3.52. The molecule has 0 atom stereocenters. The second kappa shape index (κ2) is 6.70. The Kier molecular flexibility index (Phi) is 4.35. The van der Waals surface area contributed by atoms with E-state index in [0.29, 0.717) is 37.2 Å². The highest BCUT2D eigenvalue weighted by Crippen LogP contribution is 2.27. The molecule has 1 fully saturated rings. The van der Waals surface area contributed by atoms with Gasteiger partial charge in [-0.3, -0.25) is 14.3 Å². The lowest BCUT2D eigenvalue weighted by Gasteiger charge is -2.18. The van der Waals surface area contributed by atoms with Crippen molar-refractivity contribution in [1.29, 1.82) is 0 Å². The molecule has 0 unspecified atom stereocenters. The summed E-state index contributed by atoms with van der Waals surface area (Å²) in [6.45, 7) is 0.690. The number of amides is 2. The highest BCUT2D eigenvalue weighted by molar-refractivity contribution is 7.92. The van der Waals surface area contributed by atoms with Crippen LogP contribution in [0.15, 0.2) is 47.4 Å². The fourth-order valence-electron chi connectivity index (χ4n) is 3.37. The van der Waals surface area contributed by atoms with Crippen LogP contribution in [0.25, 0.3) is 0 Å². The van der Waals surface area contributed by atoms with Crippen LogP contribution in [0.4, 0.5) is 17.1 Å². The fourth-order valence-corrected chi connectivity index (χ4v) is 4.48. The lowest BCUT2D eigenvalue weighted by Crippen LogP contribution is -2.23. The maximum atomic E-state index is 12.7. The normalized spacial score (nSPS) is 16.8. The zero-order valence-electron chi connectivity index (χ0n) is 14.6. The maximum Gasteiger partial charge on any atom is 0.261 e. The number of hydrogen-bond donors (Lipinski definition) is 2. The molecule has 2 amide bonds. The number of carbonyl (C=O) groups is 2. The van der Waals surface area contributed by atoms with Crippen LogP contribution in [0.3, 0.4) is 0 Å². The molecular formula is C19H19N3O4S. The minimum Gasteiger partial charge on any atom is -0.326 e. The van der Waals surface area contributed by atoms with Crippen LogP contribution in [0.2, 0.25) is 0 Å². The molecule has 2 N–H and O–H groups in total. The number of nitrogens with zero attached hydrogens (tertiary/aromatic N) is 1. The van der Waals surface area contributed by atoms with Gasteiger partial charge >= 0.3 is 0 Å². The van der Waals surface area contributed by atoms with E-state index >= 15 is 0 Å². The van der Waals surface area contributed by atoms with Crippen molar-refractivity contribution in [2.45, 2.75) is 30.6 Å². The topological polar surface area (TPSA) is 95.6 Å². The molecule has 0 saturated carbocycles. The zero-order valence-corrected chi connectivity index (χ0v) is 15.4. The van der Waals surface area contributed by atoms with Crippen LogP contribution in [0.1, 0.15) is 24.8 Å². The number of aryl methyl sites for hydroxylation is 1. The maximum absolute atomic E-state index is 12.7. The zero-order chi connectivity index (χ0) is 19.0. The molecule has 0 radical (unpaired) electrons. The highest BCUT2D eigenvalue weighted by atomic mass is 32.2. The Morgan fingerprint density at radius 3 is 2.44 bits per heavy atom. The molecule has 2 aromatic carbocycles. The van der Waals surface area contributed by atoms with E-state index in [1.807, 2.05) is 0 Å². The quantitative estimate of drug-likeness (QED) is 0.845. The Morgan fingerprint density at radius 1 is 0.963 bits per heavy atom. The molecule has 1 saturated heterocycles. The van der Waals surface area contributed by atoms with Crippen LogP contribution in [-0.4, -0.2) is 26.8 Å². The minimum atomic E-state index is -3.75. The fraction of sp³-hybridized carbons (Fsp3) is 0.263. The van der Waals surface area contributed by atoms with E-state index in [1.54, 1.807) is 41.3 Å². The highest BCUT2D eigenvalue weighted by Gasteiger charge is 2.22. The monoisotopic (exact) mass is 385 g/mol. The van der Waals surface area contributed by atoms with Gasteiger partial charge in [0.2, 0.25) is 11.8 Å². The Labute approximate surface area is 157 Å². The second-order valence-corrected chi connectivity index (χ2v) is 8.35. The van der Waals surface area contributed by atoms with Crippen LogP contribution in [0.5, 0.6) is 0 Å². The molecular weight excluding hydrogens is 366 g/mol. The molecule has 2 heterocycles. The van der Waals surface area contributed by atoms with E-state index in [-0.39, 0.29) is 16.7 Å². The van der Waals surface area contributed by atoms with Crippen molar-refractivity contribution in [1.82, 2.24) is 0 Å². The first-order valence-electron chi connectivity index (χ1n) is 8.78. The van der Waals surface area contributed by atoms with E-state index in [2.05, 4.69) is 10.0 Å². The summed E-state index contributed by atoms with van der Waals surface area (Å²) in [4.78, 5) is 25.1. The largest absolute Gasteiger partial charge is 0.326 e. The molecule has 2 aliphatic heterocycles. The smallest absolute Gasteiger partial charge is 0.261 e. The van der Waals surface area contributed by atoms with Gasteiger partial charge in [-0.25, -0.2) is 8.42 Å². The molecule has 2 aromatic rings. The lowest BCUT2D eigenvalue weighted by atomic mass is 10.0. The Hall–Kier alpha value is -2.87. The summed E-state index contributed by atoms with van der Waals surface area (Å²) in [5.74, 6) is 0.0253. The van der Waals surface area contributed by atoms with E-state index < -0.39 is 10.0 Å². The number of nitrogens with one attached hydrogen (secondary N) is 2. The number of rotatable bonds is 4. The average molecular weight is 385 g/mol. The van der Waals surface area contributed by atoms with Crippen molar-refractivity contribution < 1.29 is 18.0 Å². The summed E-state index contributed by atoms with van der Waals surface area (Å²) in [6, 6.07) is 11.5. The van der Waals surface area contributed by atoms with E-state index in [1.165, 1.54) is 6.07 Å². The van der Waals surface area contributed by atoms with E-state index in [9.17, 15) is 18.0 Å². The molecule has 0 spiro atoms. The SMILES string of the molecule is O=C1CCc2cc(S(=O)(=O)Nc3ccc(N4CCCC4=O)cc3)ccc2N1. The molecule has 27 heavy (non-hydrogen) atoms. The number of anilines is 3. The van der Waals surface area contributed by atoms with Gasteiger partial charge in [-0.1, -0.05) is 0 Å². The molecule has 0 aromatic heterocycles. The third-order valence-corrected chi connectivity index (χ3v) is 6.17. The summed E-state index contributed by atoms with van der Waals surface area (Å²) in [5.41, 5.74) is 2.66. The molecule has 7 nitrogen and oxygen atoms in total. The average Bonchev–Trinajstić information content (AvgIpc) is 3.07. The van der Waals surface area contributed by atoms with Gasteiger partial charge in [-0.15, -0.1) is 0 Å². The molecule has 0 aliphatic carbocycles. The van der Waals surface area contributed by atoms with Gasteiger partial charge in [-0.2, -0.15) is 0 Å².